The summed E-state index contributed by atoms with van der Waals surface area (Å²) >= 11 is 0. The molecule has 0 aliphatic heterocycles. The minimum atomic E-state index is 0.467. The summed E-state index contributed by atoms with van der Waals surface area (Å²) in [4.78, 5) is 0. The fraction of sp³-hybridized carbons (Fsp3) is 0.700. The topological polar surface area (TPSA) is 43.8 Å². The van der Waals surface area contributed by atoms with Crippen molar-refractivity contribution in [2.75, 3.05) is 5.73 Å². The van der Waals surface area contributed by atoms with Crippen LogP contribution in [0.25, 0.3) is 0 Å². The van der Waals surface area contributed by atoms with Gasteiger partial charge in [-0.1, -0.05) is 6.92 Å². The molecule has 0 bridgehead atoms. The third-order valence-corrected chi connectivity index (χ3v) is 2.80. The summed E-state index contributed by atoms with van der Waals surface area (Å²) in [6.07, 6.45) is 5.61. The monoisotopic (exact) mass is 179 g/mol. The second-order valence-electron chi connectivity index (χ2n) is 3.98. The molecule has 72 valence electrons. The van der Waals surface area contributed by atoms with Gasteiger partial charge in [0.1, 0.15) is 0 Å². The van der Waals surface area contributed by atoms with Crippen LogP contribution in [0.2, 0.25) is 0 Å². The van der Waals surface area contributed by atoms with Gasteiger partial charge in [0.25, 0.3) is 0 Å². The molecule has 1 aromatic heterocycles. The lowest BCUT2D eigenvalue weighted by atomic mass is 10.2. The lowest BCUT2D eigenvalue weighted by molar-refractivity contribution is 0.474. The van der Waals surface area contributed by atoms with Crippen molar-refractivity contribution in [3.05, 3.63) is 11.9 Å². The van der Waals surface area contributed by atoms with E-state index in [2.05, 4.69) is 18.9 Å². The molecular weight excluding hydrogens is 162 g/mol. The summed E-state index contributed by atoms with van der Waals surface area (Å²) in [6.45, 7) is 4.34. The van der Waals surface area contributed by atoms with Crippen LogP contribution in [0.3, 0.4) is 0 Å². The Kier molecular flexibility index (Phi) is 2.02. The maximum Gasteiger partial charge on any atom is 0.0884 e. The Morgan fingerprint density at radius 1 is 1.69 bits per heavy atom. The summed E-state index contributed by atoms with van der Waals surface area (Å²) < 4.78 is 2.00. The summed E-state index contributed by atoms with van der Waals surface area (Å²) in [5.74, 6) is 0.658. The zero-order chi connectivity index (χ0) is 9.42. The third kappa shape index (κ3) is 1.55. The maximum absolute atomic E-state index is 5.89. The normalized spacial score (nSPS) is 18.9. The van der Waals surface area contributed by atoms with Crippen LogP contribution in [0.5, 0.6) is 0 Å². The lowest BCUT2D eigenvalue weighted by Gasteiger charge is -2.07. The molecule has 1 unspecified atom stereocenters. The van der Waals surface area contributed by atoms with E-state index < -0.39 is 0 Å². The number of nitrogen functional groups attached to an aromatic ring is 1. The van der Waals surface area contributed by atoms with Crippen LogP contribution >= 0.6 is 0 Å². The average molecular weight is 179 g/mol. The van der Waals surface area contributed by atoms with Gasteiger partial charge in [-0.15, -0.1) is 0 Å². The molecule has 0 aromatic carbocycles. The molecule has 3 heteroatoms. The van der Waals surface area contributed by atoms with Gasteiger partial charge in [0.2, 0.25) is 0 Å². The van der Waals surface area contributed by atoms with E-state index in [1.54, 1.807) is 0 Å². The van der Waals surface area contributed by atoms with Crippen LogP contribution in [-0.4, -0.2) is 9.78 Å². The smallest absolute Gasteiger partial charge is 0.0884 e. The van der Waals surface area contributed by atoms with Crippen molar-refractivity contribution in [2.24, 2.45) is 0 Å². The van der Waals surface area contributed by atoms with Crippen molar-refractivity contribution >= 4 is 5.69 Å². The van der Waals surface area contributed by atoms with Gasteiger partial charge in [-0.25, -0.2) is 0 Å². The number of aromatic nitrogens is 2. The highest BCUT2D eigenvalue weighted by Gasteiger charge is 2.28. The molecule has 1 atom stereocenters. The van der Waals surface area contributed by atoms with Crippen molar-refractivity contribution in [1.29, 1.82) is 0 Å². The van der Waals surface area contributed by atoms with E-state index in [0.717, 1.165) is 17.8 Å². The van der Waals surface area contributed by atoms with Crippen molar-refractivity contribution in [3.8, 4) is 0 Å². The fourth-order valence-electron chi connectivity index (χ4n) is 1.51. The highest BCUT2D eigenvalue weighted by atomic mass is 15.3. The van der Waals surface area contributed by atoms with Gasteiger partial charge in [0.15, 0.2) is 0 Å². The Morgan fingerprint density at radius 2 is 2.38 bits per heavy atom. The molecule has 0 radical (unpaired) electrons. The van der Waals surface area contributed by atoms with E-state index >= 15 is 0 Å². The molecule has 1 aliphatic carbocycles. The number of rotatable bonds is 3. The van der Waals surface area contributed by atoms with Gasteiger partial charge in [0.05, 0.1) is 11.4 Å². The second-order valence-corrected chi connectivity index (χ2v) is 3.98. The number of anilines is 1. The fourth-order valence-corrected chi connectivity index (χ4v) is 1.51. The highest BCUT2D eigenvalue weighted by molar-refractivity contribution is 5.44. The van der Waals surface area contributed by atoms with E-state index in [-0.39, 0.29) is 0 Å². The molecule has 1 saturated carbocycles. The van der Waals surface area contributed by atoms with E-state index in [1.165, 1.54) is 12.8 Å². The van der Waals surface area contributed by atoms with Crippen LogP contribution in [0, 0.1) is 0 Å². The molecule has 1 fully saturated rings. The van der Waals surface area contributed by atoms with Gasteiger partial charge >= 0.3 is 0 Å². The summed E-state index contributed by atoms with van der Waals surface area (Å²) in [6, 6.07) is 0.467. The van der Waals surface area contributed by atoms with Crippen LogP contribution in [0.15, 0.2) is 6.20 Å². The van der Waals surface area contributed by atoms with Crippen LogP contribution in [0.4, 0.5) is 5.69 Å². The molecule has 1 heterocycles. The van der Waals surface area contributed by atoms with Crippen molar-refractivity contribution in [2.45, 2.75) is 45.1 Å². The average Bonchev–Trinajstić information content (AvgIpc) is 2.89. The van der Waals surface area contributed by atoms with Crippen molar-refractivity contribution < 1.29 is 0 Å². The Balaban J connectivity index is 2.23. The minimum absolute atomic E-state index is 0.467. The van der Waals surface area contributed by atoms with Gasteiger partial charge < -0.3 is 5.73 Å². The lowest BCUT2D eigenvalue weighted by Crippen LogP contribution is -2.04. The van der Waals surface area contributed by atoms with Gasteiger partial charge in [-0.2, -0.15) is 5.10 Å². The quantitative estimate of drug-likeness (QED) is 0.773. The van der Waals surface area contributed by atoms with E-state index in [9.17, 15) is 0 Å². The standard InChI is InChI=1S/C10H17N3/c1-3-7(2)13-6-9(11)10(12-13)8-4-5-8/h6-8H,3-5,11H2,1-2H3. The first-order valence-electron chi connectivity index (χ1n) is 5.07. The predicted octanol–water partition coefficient (Wildman–Crippen LogP) is 2.31. The molecule has 1 aliphatic rings. The Hall–Kier alpha value is -0.990. The molecule has 3 nitrogen and oxygen atoms in total. The molecule has 2 N–H and O–H groups in total. The molecule has 0 amide bonds. The largest absolute Gasteiger partial charge is 0.396 e. The Morgan fingerprint density at radius 3 is 2.92 bits per heavy atom. The van der Waals surface area contributed by atoms with Gasteiger partial charge in [0, 0.05) is 18.2 Å². The summed E-state index contributed by atoms with van der Waals surface area (Å²) in [5.41, 5.74) is 7.89. The molecule has 13 heavy (non-hydrogen) atoms. The van der Waals surface area contributed by atoms with Gasteiger partial charge in [-0.3, -0.25) is 4.68 Å². The minimum Gasteiger partial charge on any atom is -0.396 e. The first-order valence-corrected chi connectivity index (χ1v) is 5.07. The van der Waals surface area contributed by atoms with Gasteiger partial charge in [-0.05, 0) is 26.2 Å². The first kappa shape index (κ1) is 8.60. The van der Waals surface area contributed by atoms with Crippen molar-refractivity contribution in [3.63, 3.8) is 0 Å². The highest BCUT2D eigenvalue weighted by Crippen LogP contribution is 2.41. The summed E-state index contributed by atoms with van der Waals surface area (Å²) in [7, 11) is 0. The third-order valence-electron chi connectivity index (χ3n) is 2.80. The SMILES string of the molecule is CCC(C)n1cc(N)c(C2CC2)n1. The number of nitrogens with two attached hydrogens (primary N) is 1. The second kappa shape index (κ2) is 3.05. The van der Waals surface area contributed by atoms with E-state index in [4.69, 9.17) is 5.73 Å². The zero-order valence-electron chi connectivity index (χ0n) is 8.33. The zero-order valence-corrected chi connectivity index (χ0v) is 8.33. The maximum atomic E-state index is 5.89. The number of hydrogen-bond donors (Lipinski definition) is 1. The molecule has 1 aromatic rings. The van der Waals surface area contributed by atoms with Crippen LogP contribution in [-0.2, 0) is 0 Å². The Bertz CT molecular complexity index is 299. The first-order chi connectivity index (χ1) is 6.22. The van der Waals surface area contributed by atoms with Crippen LogP contribution < -0.4 is 5.73 Å². The van der Waals surface area contributed by atoms with Crippen LogP contribution in [0.1, 0.15) is 50.8 Å². The number of nitrogens with zero attached hydrogens (tertiary/aromatic N) is 2. The van der Waals surface area contributed by atoms with E-state index in [1.807, 2.05) is 10.9 Å². The van der Waals surface area contributed by atoms with Crippen molar-refractivity contribution in [1.82, 2.24) is 9.78 Å². The molecular formula is C10H17N3. The molecule has 0 saturated heterocycles. The van der Waals surface area contributed by atoms with E-state index in [0.29, 0.717) is 12.0 Å². The molecule has 2 rings (SSSR count). The Labute approximate surface area is 78.9 Å². The molecule has 0 spiro atoms. The number of hydrogen-bond acceptors (Lipinski definition) is 2. The summed E-state index contributed by atoms with van der Waals surface area (Å²) in [5, 5.41) is 4.53. The predicted molar refractivity (Wildman–Crippen MR) is 53.6 cm³/mol.